The van der Waals surface area contributed by atoms with Gasteiger partial charge >= 0.3 is 5.69 Å². The van der Waals surface area contributed by atoms with Crippen molar-refractivity contribution < 1.29 is 13.7 Å². The third-order valence-corrected chi connectivity index (χ3v) is 2.04. The Kier molecular flexibility index (Phi) is 2.55. The molecule has 0 aromatic heterocycles. The number of rotatable bonds is 1. The van der Waals surface area contributed by atoms with Crippen molar-refractivity contribution in [3.63, 3.8) is 0 Å². The van der Waals surface area contributed by atoms with E-state index in [9.17, 15) is 18.9 Å². The lowest BCUT2D eigenvalue weighted by Crippen LogP contribution is -1.98. The molecule has 0 saturated heterocycles. The van der Waals surface area contributed by atoms with Gasteiger partial charge in [0.1, 0.15) is 0 Å². The number of halogens is 3. The Bertz CT molecular complexity index is 343. The zero-order chi connectivity index (χ0) is 9.30. The van der Waals surface area contributed by atoms with E-state index in [0.29, 0.717) is 0 Å². The van der Waals surface area contributed by atoms with Crippen LogP contribution in [-0.2, 0) is 0 Å². The van der Waals surface area contributed by atoms with Crippen molar-refractivity contribution in [2.45, 2.75) is 0 Å². The number of hydrogen-bond donors (Lipinski definition) is 0. The highest BCUT2D eigenvalue weighted by molar-refractivity contribution is 14.1. The number of benzene rings is 1. The van der Waals surface area contributed by atoms with Crippen molar-refractivity contribution >= 4 is 28.3 Å². The second-order valence-electron chi connectivity index (χ2n) is 1.95. The molecule has 0 amide bonds. The average molecular weight is 285 g/mol. The van der Waals surface area contributed by atoms with Crippen LogP contribution in [0.3, 0.4) is 0 Å². The number of nitro benzene ring substituents is 1. The van der Waals surface area contributed by atoms with Gasteiger partial charge < -0.3 is 0 Å². The van der Waals surface area contributed by atoms with Crippen molar-refractivity contribution in [3.8, 4) is 0 Å². The van der Waals surface area contributed by atoms with E-state index in [4.69, 9.17) is 0 Å². The highest BCUT2D eigenvalue weighted by atomic mass is 127. The van der Waals surface area contributed by atoms with Crippen LogP contribution in [0.2, 0.25) is 0 Å². The Labute approximate surface area is 79.7 Å². The van der Waals surface area contributed by atoms with Gasteiger partial charge in [0.15, 0.2) is 0 Å². The summed E-state index contributed by atoms with van der Waals surface area (Å²) >= 11 is 1.55. The van der Waals surface area contributed by atoms with Crippen LogP contribution < -0.4 is 0 Å². The maximum atomic E-state index is 12.8. The summed E-state index contributed by atoms with van der Waals surface area (Å²) in [4.78, 5) is 9.04. The Morgan fingerprint density at radius 1 is 1.42 bits per heavy atom. The van der Waals surface area contributed by atoms with Crippen molar-refractivity contribution in [2.24, 2.45) is 0 Å². The molecule has 1 aromatic rings. The van der Waals surface area contributed by atoms with Crippen molar-refractivity contribution in [3.05, 3.63) is 37.5 Å². The van der Waals surface area contributed by atoms with Crippen LogP contribution in [0.1, 0.15) is 0 Å². The second kappa shape index (κ2) is 3.30. The highest BCUT2D eigenvalue weighted by Gasteiger charge is 2.22. The van der Waals surface area contributed by atoms with Crippen molar-refractivity contribution in [2.75, 3.05) is 0 Å². The van der Waals surface area contributed by atoms with Gasteiger partial charge in [0.05, 0.1) is 8.49 Å². The van der Waals surface area contributed by atoms with Crippen LogP contribution in [-0.4, -0.2) is 4.92 Å². The van der Waals surface area contributed by atoms with E-state index >= 15 is 0 Å². The molecular formula is C6H2F2INO2. The zero-order valence-electron chi connectivity index (χ0n) is 5.55. The summed E-state index contributed by atoms with van der Waals surface area (Å²) in [5, 5.41) is 10.1. The molecule has 0 saturated carbocycles. The van der Waals surface area contributed by atoms with Crippen molar-refractivity contribution in [1.29, 1.82) is 0 Å². The Hall–Kier alpha value is -0.790. The van der Waals surface area contributed by atoms with Gasteiger partial charge in [0.2, 0.25) is 11.6 Å². The van der Waals surface area contributed by atoms with E-state index in [1.54, 1.807) is 22.6 Å². The van der Waals surface area contributed by atoms with Crippen LogP contribution >= 0.6 is 22.6 Å². The van der Waals surface area contributed by atoms with Crippen LogP contribution in [0.4, 0.5) is 14.5 Å². The molecule has 1 aromatic carbocycles. The van der Waals surface area contributed by atoms with Gasteiger partial charge in [-0.05, 0) is 34.7 Å². The van der Waals surface area contributed by atoms with Gasteiger partial charge in [0.25, 0.3) is 0 Å². The fraction of sp³-hybridized carbons (Fsp3) is 0. The molecule has 64 valence electrons. The molecule has 0 heterocycles. The molecular weight excluding hydrogens is 283 g/mol. The third kappa shape index (κ3) is 1.52. The summed E-state index contributed by atoms with van der Waals surface area (Å²) in [6.07, 6.45) is 0. The van der Waals surface area contributed by atoms with Crippen LogP contribution in [0.25, 0.3) is 0 Å². The quantitative estimate of drug-likeness (QED) is 0.344. The molecule has 0 spiro atoms. The van der Waals surface area contributed by atoms with Gasteiger partial charge in [0, 0.05) is 0 Å². The predicted octanol–water partition coefficient (Wildman–Crippen LogP) is 2.48. The molecule has 0 aliphatic rings. The maximum absolute atomic E-state index is 12.8. The largest absolute Gasteiger partial charge is 0.341 e. The smallest absolute Gasteiger partial charge is 0.258 e. The van der Waals surface area contributed by atoms with Gasteiger partial charge in [-0.25, -0.2) is 0 Å². The minimum Gasteiger partial charge on any atom is -0.258 e. The summed E-state index contributed by atoms with van der Waals surface area (Å²) in [5.74, 6) is -2.28. The summed E-state index contributed by atoms with van der Waals surface area (Å²) in [5.41, 5.74) is -1.10. The topological polar surface area (TPSA) is 43.1 Å². The van der Waals surface area contributed by atoms with Gasteiger partial charge in [-0.3, -0.25) is 10.1 Å². The first kappa shape index (κ1) is 9.30. The molecule has 0 atom stereocenters. The molecule has 0 fully saturated rings. The fourth-order valence-electron chi connectivity index (χ4n) is 0.684. The van der Waals surface area contributed by atoms with E-state index in [1.807, 2.05) is 0 Å². The van der Waals surface area contributed by atoms with Gasteiger partial charge in [-0.15, -0.1) is 0 Å². The average Bonchev–Trinajstić information content (AvgIpc) is 1.97. The SMILES string of the molecule is O=[N+]([O-])c1c(F)ccc(I)c1F. The molecule has 0 N–H and O–H groups in total. The summed E-state index contributed by atoms with van der Waals surface area (Å²) in [6.45, 7) is 0. The monoisotopic (exact) mass is 285 g/mol. The Balaban J connectivity index is 3.43. The van der Waals surface area contributed by atoms with Gasteiger partial charge in [-0.1, -0.05) is 0 Å². The molecule has 0 bridgehead atoms. The van der Waals surface area contributed by atoms with E-state index in [-0.39, 0.29) is 3.57 Å². The first-order valence-corrected chi connectivity index (χ1v) is 3.90. The predicted molar refractivity (Wildman–Crippen MR) is 45.7 cm³/mol. The summed E-state index contributed by atoms with van der Waals surface area (Å²) in [6, 6.07) is 2.00. The second-order valence-corrected chi connectivity index (χ2v) is 3.11. The lowest BCUT2D eigenvalue weighted by Gasteiger charge is -1.96. The molecule has 0 aliphatic carbocycles. The summed E-state index contributed by atoms with van der Waals surface area (Å²) in [7, 11) is 0. The third-order valence-electron chi connectivity index (χ3n) is 1.20. The van der Waals surface area contributed by atoms with E-state index in [2.05, 4.69) is 0 Å². The minimum atomic E-state index is -1.15. The van der Waals surface area contributed by atoms with Crippen LogP contribution in [0, 0.1) is 25.3 Å². The molecule has 12 heavy (non-hydrogen) atoms. The molecule has 1 rings (SSSR count). The van der Waals surface area contributed by atoms with E-state index in [1.165, 1.54) is 0 Å². The van der Waals surface area contributed by atoms with Crippen LogP contribution in [0.5, 0.6) is 0 Å². The molecule has 3 nitrogen and oxygen atoms in total. The molecule has 0 radical (unpaired) electrons. The molecule has 0 unspecified atom stereocenters. The van der Waals surface area contributed by atoms with Crippen molar-refractivity contribution in [1.82, 2.24) is 0 Å². The number of nitro groups is 1. The molecule has 0 aliphatic heterocycles. The molecule has 6 heteroatoms. The van der Waals surface area contributed by atoms with E-state index < -0.39 is 22.2 Å². The standard InChI is InChI=1S/C6H2F2INO2/c7-3-1-2-4(9)5(8)6(3)10(11)12/h1-2H. The van der Waals surface area contributed by atoms with E-state index in [0.717, 1.165) is 12.1 Å². The normalized spacial score (nSPS) is 9.92. The Morgan fingerprint density at radius 3 is 2.42 bits per heavy atom. The lowest BCUT2D eigenvalue weighted by molar-refractivity contribution is -0.390. The Morgan fingerprint density at radius 2 is 2.00 bits per heavy atom. The number of nitrogens with zero attached hydrogens (tertiary/aromatic N) is 1. The zero-order valence-corrected chi connectivity index (χ0v) is 7.71. The van der Waals surface area contributed by atoms with Crippen LogP contribution in [0.15, 0.2) is 12.1 Å². The minimum absolute atomic E-state index is 0.0284. The number of hydrogen-bond acceptors (Lipinski definition) is 2. The first-order chi connectivity index (χ1) is 5.54. The highest BCUT2D eigenvalue weighted by Crippen LogP contribution is 2.24. The maximum Gasteiger partial charge on any atom is 0.341 e. The summed E-state index contributed by atoms with van der Waals surface area (Å²) < 4.78 is 25.4. The first-order valence-electron chi connectivity index (χ1n) is 2.82. The van der Waals surface area contributed by atoms with Gasteiger partial charge in [-0.2, -0.15) is 8.78 Å². The lowest BCUT2D eigenvalue weighted by atomic mass is 10.3. The fourth-order valence-corrected chi connectivity index (χ4v) is 1.12.